The molecular formula is C14H26N2O. The summed E-state index contributed by atoms with van der Waals surface area (Å²) in [5.41, 5.74) is 0.486. The lowest BCUT2D eigenvalue weighted by Crippen LogP contribution is -2.42. The van der Waals surface area contributed by atoms with Gasteiger partial charge in [-0.05, 0) is 44.2 Å². The zero-order valence-electron chi connectivity index (χ0n) is 10.8. The van der Waals surface area contributed by atoms with Crippen molar-refractivity contribution in [2.45, 2.75) is 44.6 Å². The van der Waals surface area contributed by atoms with E-state index in [1.807, 2.05) is 0 Å². The normalized spacial score (nSPS) is 34.8. The third kappa shape index (κ3) is 2.13. The van der Waals surface area contributed by atoms with Crippen molar-refractivity contribution in [2.24, 2.45) is 11.3 Å². The molecule has 2 aliphatic heterocycles. The van der Waals surface area contributed by atoms with Gasteiger partial charge in [0.25, 0.3) is 0 Å². The number of rotatable bonds is 2. The highest BCUT2D eigenvalue weighted by atomic mass is 16.3. The summed E-state index contributed by atoms with van der Waals surface area (Å²) in [6, 6.07) is 0.783. The maximum absolute atomic E-state index is 9.67. The maximum Gasteiger partial charge on any atom is 0.0477 e. The van der Waals surface area contributed by atoms with Crippen LogP contribution in [0.5, 0.6) is 0 Å². The molecule has 0 aromatic heterocycles. The van der Waals surface area contributed by atoms with Crippen LogP contribution >= 0.6 is 0 Å². The molecule has 0 aromatic rings. The van der Waals surface area contributed by atoms with Gasteiger partial charge in [0.1, 0.15) is 0 Å². The number of nitrogens with zero attached hydrogens (tertiary/aromatic N) is 1. The Morgan fingerprint density at radius 1 is 1.18 bits per heavy atom. The molecule has 3 aliphatic rings. The Hall–Kier alpha value is -0.120. The van der Waals surface area contributed by atoms with Crippen molar-refractivity contribution in [3.05, 3.63) is 0 Å². The molecule has 0 aromatic carbocycles. The molecule has 17 heavy (non-hydrogen) atoms. The van der Waals surface area contributed by atoms with Crippen LogP contribution in [-0.2, 0) is 0 Å². The highest BCUT2D eigenvalue weighted by Crippen LogP contribution is 2.49. The first-order valence-electron chi connectivity index (χ1n) is 7.40. The van der Waals surface area contributed by atoms with Crippen molar-refractivity contribution in [1.29, 1.82) is 0 Å². The second-order valence-electron chi connectivity index (χ2n) is 6.36. The SMILES string of the molecule is OC[C@@H]1CN(C2CCNCC2)CC12CCCC2. The molecule has 1 spiro atoms. The van der Waals surface area contributed by atoms with Crippen molar-refractivity contribution in [3.63, 3.8) is 0 Å². The van der Waals surface area contributed by atoms with Gasteiger partial charge in [-0.1, -0.05) is 12.8 Å². The summed E-state index contributed by atoms with van der Waals surface area (Å²) in [4.78, 5) is 2.70. The molecule has 2 heterocycles. The second-order valence-corrected chi connectivity index (χ2v) is 6.36. The monoisotopic (exact) mass is 238 g/mol. The van der Waals surface area contributed by atoms with Crippen molar-refractivity contribution >= 4 is 0 Å². The second kappa shape index (κ2) is 4.87. The Morgan fingerprint density at radius 2 is 1.88 bits per heavy atom. The standard InChI is InChI=1S/C14H26N2O/c17-10-12-9-16(13-3-7-15-8-4-13)11-14(12)5-1-2-6-14/h12-13,15,17H,1-11H2/t12-/m0/s1. The average Bonchev–Trinajstić information content (AvgIpc) is 2.99. The van der Waals surface area contributed by atoms with E-state index >= 15 is 0 Å². The average molecular weight is 238 g/mol. The van der Waals surface area contributed by atoms with E-state index in [1.54, 1.807) is 0 Å². The summed E-state index contributed by atoms with van der Waals surface area (Å²) < 4.78 is 0. The van der Waals surface area contributed by atoms with Gasteiger partial charge < -0.3 is 10.4 Å². The van der Waals surface area contributed by atoms with Crippen molar-refractivity contribution in [1.82, 2.24) is 10.2 Å². The van der Waals surface area contributed by atoms with Crippen LogP contribution in [0.3, 0.4) is 0 Å². The molecule has 0 amide bonds. The fourth-order valence-electron chi connectivity index (χ4n) is 4.42. The van der Waals surface area contributed by atoms with E-state index < -0.39 is 0 Å². The molecule has 1 aliphatic carbocycles. The van der Waals surface area contributed by atoms with Crippen LogP contribution in [0.1, 0.15) is 38.5 Å². The van der Waals surface area contributed by atoms with Gasteiger partial charge in [0, 0.05) is 31.7 Å². The smallest absolute Gasteiger partial charge is 0.0477 e. The summed E-state index contributed by atoms with van der Waals surface area (Å²) in [6.07, 6.45) is 8.09. The first-order chi connectivity index (χ1) is 8.34. The lowest BCUT2D eigenvalue weighted by molar-refractivity contribution is 0.137. The summed E-state index contributed by atoms with van der Waals surface area (Å²) in [7, 11) is 0. The van der Waals surface area contributed by atoms with Gasteiger partial charge in [0.2, 0.25) is 0 Å². The van der Waals surface area contributed by atoms with Crippen LogP contribution in [-0.4, -0.2) is 48.8 Å². The van der Waals surface area contributed by atoms with E-state index in [9.17, 15) is 5.11 Å². The predicted octanol–water partition coefficient (Wildman–Crippen LogP) is 1.22. The summed E-state index contributed by atoms with van der Waals surface area (Å²) >= 11 is 0. The molecule has 0 bridgehead atoms. The van der Waals surface area contributed by atoms with E-state index in [-0.39, 0.29) is 0 Å². The van der Waals surface area contributed by atoms with Gasteiger partial charge in [-0.3, -0.25) is 4.90 Å². The van der Waals surface area contributed by atoms with E-state index in [1.165, 1.54) is 58.2 Å². The minimum Gasteiger partial charge on any atom is -0.396 e. The molecule has 1 atom stereocenters. The lowest BCUT2D eigenvalue weighted by atomic mass is 9.77. The molecule has 2 N–H and O–H groups in total. The number of likely N-dealkylation sites (tertiary alicyclic amines) is 1. The molecule has 3 rings (SSSR count). The first kappa shape index (κ1) is 11.9. The highest BCUT2D eigenvalue weighted by molar-refractivity contribution is 5.01. The van der Waals surface area contributed by atoms with E-state index in [2.05, 4.69) is 10.2 Å². The van der Waals surface area contributed by atoms with Gasteiger partial charge in [0.05, 0.1) is 0 Å². The molecule has 3 heteroatoms. The number of aliphatic hydroxyl groups is 1. The van der Waals surface area contributed by atoms with E-state index in [4.69, 9.17) is 0 Å². The molecule has 3 fully saturated rings. The summed E-state index contributed by atoms with van der Waals surface area (Å²) in [5, 5.41) is 13.1. The number of aliphatic hydroxyl groups excluding tert-OH is 1. The number of hydrogen-bond acceptors (Lipinski definition) is 3. The van der Waals surface area contributed by atoms with Crippen molar-refractivity contribution in [3.8, 4) is 0 Å². The number of piperidine rings is 1. The van der Waals surface area contributed by atoms with Crippen LogP contribution in [0.25, 0.3) is 0 Å². The van der Waals surface area contributed by atoms with Crippen LogP contribution in [0.2, 0.25) is 0 Å². The van der Waals surface area contributed by atoms with Crippen LogP contribution < -0.4 is 5.32 Å². The molecule has 0 unspecified atom stereocenters. The Labute approximate surface area is 105 Å². The minimum absolute atomic E-state index is 0.404. The zero-order chi connectivity index (χ0) is 11.7. The molecule has 98 valence electrons. The first-order valence-corrected chi connectivity index (χ1v) is 7.40. The number of nitrogens with one attached hydrogen (secondary N) is 1. The quantitative estimate of drug-likeness (QED) is 0.759. The zero-order valence-corrected chi connectivity index (χ0v) is 10.8. The van der Waals surface area contributed by atoms with Crippen molar-refractivity contribution in [2.75, 3.05) is 32.8 Å². The lowest BCUT2D eigenvalue weighted by Gasteiger charge is -2.33. The Morgan fingerprint density at radius 3 is 2.53 bits per heavy atom. The van der Waals surface area contributed by atoms with Gasteiger partial charge in [-0.15, -0.1) is 0 Å². The van der Waals surface area contributed by atoms with Gasteiger partial charge in [0.15, 0.2) is 0 Å². The summed E-state index contributed by atoms with van der Waals surface area (Å²) in [5.74, 6) is 0.555. The topological polar surface area (TPSA) is 35.5 Å². The van der Waals surface area contributed by atoms with Crippen LogP contribution in [0.15, 0.2) is 0 Å². The fourth-order valence-corrected chi connectivity index (χ4v) is 4.42. The molecule has 1 saturated carbocycles. The Balaban J connectivity index is 1.68. The van der Waals surface area contributed by atoms with Gasteiger partial charge in [-0.25, -0.2) is 0 Å². The van der Waals surface area contributed by atoms with E-state index in [0.29, 0.717) is 17.9 Å². The van der Waals surface area contributed by atoms with Crippen LogP contribution in [0.4, 0.5) is 0 Å². The minimum atomic E-state index is 0.404. The third-order valence-corrected chi connectivity index (χ3v) is 5.48. The van der Waals surface area contributed by atoms with Crippen LogP contribution in [0, 0.1) is 11.3 Å². The van der Waals surface area contributed by atoms with E-state index in [0.717, 1.165) is 12.6 Å². The maximum atomic E-state index is 9.67. The predicted molar refractivity (Wildman–Crippen MR) is 68.9 cm³/mol. The molecular weight excluding hydrogens is 212 g/mol. The largest absolute Gasteiger partial charge is 0.396 e. The molecule has 0 radical (unpaired) electrons. The summed E-state index contributed by atoms with van der Waals surface area (Å²) in [6.45, 7) is 5.18. The fraction of sp³-hybridized carbons (Fsp3) is 1.00. The third-order valence-electron chi connectivity index (χ3n) is 5.48. The molecule has 3 nitrogen and oxygen atoms in total. The highest BCUT2D eigenvalue weighted by Gasteiger charge is 2.48. The number of hydrogen-bond donors (Lipinski definition) is 2. The van der Waals surface area contributed by atoms with Gasteiger partial charge in [-0.2, -0.15) is 0 Å². The van der Waals surface area contributed by atoms with Gasteiger partial charge >= 0.3 is 0 Å². The molecule has 2 saturated heterocycles. The van der Waals surface area contributed by atoms with Crippen molar-refractivity contribution < 1.29 is 5.11 Å². The Kier molecular flexibility index (Phi) is 3.42. The Bertz CT molecular complexity index is 257.